The number of aliphatic hydroxyl groups is 1. The van der Waals surface area contributed by atoms with Crippen LogP contribution in [0.5, 0.6) is 0 Å². The zero-order chi connectivity index (χ0) is 15.2. The van der Waals surface area contributed by atoms with E-state index in [-0.39, 0.29) is 24.7 Å². The van der Waals surface area contributed by atoms with Crippen molar-refractivity contribution in [3.05, 3.63) is 35.4 Å². The zero-order valence-corrected chi connectivity index (χ0v) is 12.6. The Labute approximate surface area is 125 Å². The van der Waals surface area contributed by atoms with Gasteiger partial charge in [-0.25, -0.2) is 0 Å². The molecule has 21 heavy (non-hydrogen) atoms. The normalized spacial score (nSPS) is 21.8. The second-order valence-corrected chi connectivity index (χ2v) is 5.41. The van der Waals surface area contributed by atoms with Crippen molar-refractivity contribution >= 4 is 5.91 Å². The molecule has 1 aromatic rings. The molecule has 1 aliphatic rings. The van der Waals surface area contributed by atoms with E-state index >= 15 is 0 Å². The summed E-state index contributed by atoms with van der Waals surface area (Å²) in [5.41, 5.74) is 2.02. The van der Waals surface area contributed by atoms with Crippen LogP contribution in [0.25, 0.3) is 0 Å². The highest BCUT2D eigenvalue weighted by Crippen LogP contribution is 2.21. The third-order valence-electron chi connectivity index (χ3n) is 3.90. The maximum absolute atomic E-state index is 12.4. The first kappa shape index (κ1) is 15.9. The van der Waals surface area contributed by atoms with Crippen LogP contribution < -0.4 is 0 Å². The van der Waals surface area contributed by atoms with Crippen molar-refractivity contribution in [2.24, 2.45) is 0 Å². The summed E-state index contributed by atoms with van der Waals surface area (Å²) in [5.74, 6) is 0.0307. The lowest BCUT2D eigenvalue weighted by molar-refractivity contribution is -0.132. The number of benzene rings is 1. The number of hydrogen-bond donors (Lipinski definition) is 1. The standard InChI is InChI=1S/C16H23NO4/c1-20-11-13-5-3-4-12(6-13)7-16(19)17-9-15(21-2)8-14(17)10-18/h3-6,14-15,18H,7-11H2,1-2H3/t14-,15-/m0/s1. The lowest BCUT2D eigenvalue weighted by Gasteiger charge is -2.22. The van der Waals surface area contributed by atoms with Crippen LogP contribution in [0.2, 0.25) is 0 Å². The van der Waals surface area contributed by atoms with E-state index in [1.54, 1.807) is 19.1 Å². The largest absolute Gasteiger partial charge is 0.394 e. The van der Waals surface area contributed by atoms with Crippen LogP contribution in [-0.4, -0.2) is 55.4 Å². The smallest absolute Gasteiger partial charge is 0.227 e. The third-order valence-corrected chi connectivity index (χ3v) is 3.90. The molecule has 1 heterocycles. The van der Waals surface area contributed by atoms with Gasteiger partial charge >= 0.3 is 0 Å². The van der Waals surface area contributed by atoms with Crippen molar-refractivity contribution in [1.82, 2.24) is 4.90 Å². The van der Waals surface area contributed by atoms with E-state index in [9.17, 15) is 9.90 Å². The summed E-state index contributed by atoms with van der Waals surface area (Å²) in [6.07, 6.45) is 1.05. The van der Waals surface area contributed by atoms with Gasteiger partial charge in [-0.2, -0.15) is 0 Å². The quantitative estimate of drug-likeness (QED) is 0.849. The van der Waals surface area contributed by atoms with Crippen molar-refractivity contribution in [2.45, 2.75) is 31.6 Å². The first-order valence-electron chi connectivity index (χ1n) is 7.17. The van der Waals surface area contributed by atoms with Crippen LogP contribution in [0.4, 0.5) is 0 Å². The summed E-state index contributed by atoms with van der Waals surface area (Å²) < 4.78 is 10.4. The van der Waals surface area contributed by atoms with E-state index in [0.717, 1.165) is 11.1 Å². The van der Waals surface area contributed by atoms with Gasteiger partial charge in [0.05, 0.1) is 31.8 Å². The van der Waals surface area contributed by atoms with E-state index < -0.39 is 0 Å². The fourth-order valence-electron chi connectivity index (χ4n) is 2.80. The minimum Gasteiger partial charge on any atom is -0.394 e. The average molecular weight is 293 g/mol. The number of nitrogens with zero attached hydrogens (tertiary/aromatic N) is 1. The van der Waals surface area contributed by atoms with Gasteiger partial charge in [-0.1, -0.05) is 24.3 Å². The van der Waals surface area contributed by atoms with Gasteiger partial charge in [-0.15, -0.1) is 0 Å². The fourth-order valence-corrected chi connectivity index (χ4v) is 2.80. The molecule has 0 radical (unpaired) electrons. The molecule has 0 saturated carbocycles. The third kappa shape index (κ3) is 4.03. The summed E-state index contributed by atoms with van der Waals surface area (Å²) in [4.78, 5) is 14.2. The Morgan fingerprint density at radius 3 is 2.81 bits per heavy atom. The Kier molecular flexibility index (Phi) is 5.73. The SMILES string of the molecule is COCc1cccc(CC(=O)N2C[C@@H](OC)C[C@H]2CO)c1. The average Bonchev–Trinajstić information content (AvgIpc) is 2.91. The number of rotatable bonds is 6. The molecule has 0 aliphatic carbocycles. The lowest BCUT2D eigenvalue weighted by Crippen LogP contribution is -2.39. The first-order chi connectivity index (χ1) is 10.2. The highest BCUT2D eigenvalue weighted by Gasteiger charge is 2.34. The number of carbonyl (C=O) groups is 1. The van der Waals surface area contributed by atoms with Crippen LogP contribution in [0.15, 0.2) is 24.3 Å². The number of carbonyl (C=O) groups excluding carboxylic acids is 1. The summed E-state index contributed by atoms with van der Waals surface area (Å²) in [5, 5.41) is 9.41. The lowest BCUT2D eigenvalue weighted by atomic mass is 10.1. The topological polar surface area (TPSA) is 59.0 Å². The summed E-state index contributed by atoms with van der Waals surface area (Å²) >= 11 is 0. The Balaban J connectivity index is 2.02. The predicted octanol–water partition coefficient (Wildman–Crippen LogP) is 0.984. The maximum atomic E-state index is 12.4. The highest BCUT2D eigenvalue weighted by molar-refractivity contribution is 5.79. The summed E-state index contributed by atoms with van der Waals surface area (Å²) in [6.45, 7) is 1.07. The molecule has 2 atom stereocenters. The van der Waals surface area contributed by atoms with Crippen molar-refractivity contribution in [3.8, 4) is 0 Å². The van der Waals surface area contributed by atoms with Crippen LogP contribution in [0, 0.1) is 0 Å². The van der Waals surface area contributed by atoms with Gasteiger partial charge in [0, 0.05) is 20.8 Å². The van der Waals surface area contributed by atoms with Gasteiger partial charge in [0.1, 0.15) is 0 Å². The van der Waals surface area contributed by atoms with Gasteiger partial charge in [0.2, 0.25) is 5.91 Å². The van der Waals surface area contributed by atoms with Crippen LogP contribution in [0.3, 0.4) is 0 Å². The molecule has 0 spiro atoms. The molecular formula is C16H23NO4. The highest BCUT2D eigenvalue weighted by atomic mass is 16.5. The number of ether oxygens (including phenoxy) is 2. The van der Waals surface area contributed by atoms with E-state index in [1.807, 2.05) is 24.3 Å². The minimum absolute atomic E-state index is 0.0185. The second kappa shape index (κ2) is 7.54. The van der Waals surface area contributed by atoms with Gasteiger partial charge in [0.15, 0.2) is 0 Å². The number of hydrogen-bond acceptors (Lipinski definition) is 4. The second-order valence-electron chi connectivity index (χ2n) is 5.41. The molecule has 1 N–H and O–H groups in total. The molecule has 1 fully saturated rings. The van der Waals surface area contributed by atoms with Crippen LogP contribution >= 0.6 is 0 Å². The van der Waals surface area contributed by atoms with Gasteiger partial charge in [0.25, 0.3) is 0 Å². The Bertz CT molecular complexity index is 477. The van der Waals surface area contributed by atoms with E-state index in [1.165, 1.54) is 0 Å². The molecule has 2 rings (SSSR count). The van der Waals surface area contributed by atoms with Crippen molar-refractivity contribution in [2.75, 3.05) is 27.4 Å². The molecule has 1 saturated heterocycles. The molecule has 116 valence electrons. The van der Waals surface area contributed by atoms with Gasteiger partial charge in [-0.3, -0.25) is 4.79 Å². The van der Waals surface area contributed by atoms with E-state index in [0.29, 0.717) is 26.0 Å². The monoisotopic (exact) mass is 293 g/mol. The van der Waals surface area contributed by atoms with E-state index in [4.69, 9.17) is 9.47 Å². The van der Waals surface area contributed by atoms with Crippen molar-refractivity contribution in [3.63, 3.8) is 0 Å². The van der Waals surface area contributed by atoms with Crippen molar-refractivity contribution < 1.29 is 19.4 Å². The van der Waals surface area contributed by atoms with Gasteiger partial charge in [-0.05, 0) is 17.5 Å². The summed E-state index contributed by atoms with van der Waals surface area (Å²) in [6, 6.07) is 7.70. The molecule has 1 amide bonds. The molecular weight excluding hydrogens is 270 g/mol. The first-order valence-corrected chi connectivity index (χ1v) is 7.17. The molecule has 5 nitrogen and oxygen atoms in total. The van der Waals surface area contributed by atoms with Crippen molar-refractivity contribution in [1.29, 1.82) is 0 Å². The molecule has 0 aromatic heterocycles. The zero-order valence-electron chi connectivity index (χ0n) is 12.6. The number of aliphatic hydroxyl groups excluding tert-OH is 1. The number of methoxy groups -OCH3 is 2. The number of likely N-dealkylation sites (tertiary alicyclic amines) is 1. The molecule has 1 aliphatic heterocycles. The Morgan fingerprint density at radius 1 is 1.38 bits per heavy atom. The van der Waals surface area contributed by atoms with Gasteiger partial charge < -0.3 is 19.5 Å². The fraction of sp³-hybridized carbons (Fsp3) is 0.562. The molecule has 0 unspecified atom stereocenters. The maximum Gasteiger partial charge on any atom is 0.227 e. The molecule has 5 heteroatoms. The Morgan fingerprint density at radius 2 is 2.14 bits per heavy atom. The van der Waals surface area contributed by atoms with E-state index in [2.05, 4.69) is 0 Å². The predicted molar refractivity (Wildman–Crippen MR) is 78.9 cm³/mol. The molecule has 0 bridgehead atoms. The Hall–Kier alpha value is -1.43. The number of amides is 1. The van der Waals surface area contributed by atoms with Crippen LogP contribution in [0.1, 0.15) is 17.5 Å². The summed E-state index contributed by atoms with van der Waals surface area (Å²) in [7, 11) is 3.29. The minimum atomic E-state index is -0.135. The molecule has 1 aromatic carbocycles. The van der Waals surface area contributed by atoms with Crippen LogP contribution in [-0.2, 0) is 27.3 Å².